The topological polar surface area (TPSA) is 96.5 Å². The number of piperidine rings is 1. The predicted molar refractivity (Wildman–Crippen MR) is 79.1 cm³/mol. The molecule has 1 fully saturated rings. The predicted octanol–water partition coefficient (Wildman–Crippen LogP) is -0.628. The first-order valence-electron chi connectivity index (χ1n) is 6.78. The third-order valence-electron chi connectivity index (χ3n) is 3.57. The summed E-state index contributed by atoms with van der Waals surface area (Å²) in [6.45, 7) is 1.87. The number of hydrogen-bond donors (Lipinski definition) is 2. The summed E-state index contributed by atoms with van der Waals surface area (Å²) >= 11 is 0. The summed E-state index contributed by atoms with van der Waals surface area (Å²) in [6, 6.07) is 3.58. The number of nitrogens with zero attached hydrogens (tertiary/aromatic N) is 3. The van der Waals surface area contributed by atoms with Gasteiger partial charge in [-0.05, 0) is 18.6 Å². The van der Waals surface area contributed by atoms with Crippen LogP contribution in [0.25, 0.3) is 0 Å². The molecular weight excluding hydrogens is 294 g/mol. The summed E-state index contributed by atoms with van der Waals surface area (Å²) in [5, 5.41) is 7.98. The van der Waals surface area contributed by atoms with Gasteiger partial charge in [-0.25, -0.2) is 4.72 Å². The van der Waals surface area contributed by atoms with Crippen LogP contribution in [-0.4, -0.2) is 58.5 Å². The van der Waals surface area contributed by atoms with Gasteiger partial charge in [-0.2, -0.15) is 18.2 Å². The number of hydrogen-bond acceptors (Lipinski definition) is 6. The van der Waals surface area contributed by atoms with E-state index >= 15 is 0 Å². The number of methoxy groups -OCH3 is 1. The van der Waals surface area contributed by atoms with Crippen LogP contribution >= 0.6 is 0 Å². The van der Waals surface area contributed by atoms with E-state index in [2.05, 4.69) is 24.5 Å². The van der Waals surface area contributed by atoms with Crippen molar-refractivity contribution in [1.82, 2.24) is 19.6 Å². The van der Waals surface area contributed by atoms with E-state index in [1.54, 1.807) is 13.3 Å². The maximum absolute atomic E-state index is 11.7. The highest BCUT2D eigenvalue weighted by molar-refractivity contribution is 7.87. The molecule has 2 N–H and O–H groups in total. The average molecular weight is 315 g/mol. The van der Waals surface area contributed by atoms with Gasteiger partial charge in [0, 0.05) is 45.4 Å². The second-order valence-corrected chi connectivity index (χ2v) is 6.61. The quantitative estimate of drug-likeness (QED) is 0.726. The molecule has 0 aliphatic carbocycles. The zero-order chi connectivity index (χ0) is 15.3. The van der Waals surface area contributed by atoms with Crippen LogP contribution in [-0.2, 0) is 14.9 Å². The standard InChI is InChI=1S/C12H21N5O3S/c1-13-21(18,19)16-11-5-7-17(8-10(11)9-20-2)12-4-3-6-14-15-12/h3-4,6,10-11,13,16H,5,7-9H2,1-2H3/t10-,11?/m0/s1. The number of nitrogens with one attached hydrogen (secondary N) is 2. The van der Waals surface area contributed by atoms with Crippen molar-refractivity contribution in [2.45, 2.75) is 12.5 Å². The fourth-order valence-electron chi connectivity index (χ4n) is 2.50. The second-order valence-electron chi connectivity index (χ2n) is 4.96. The molecule has 0 radical (unpaired) electrons. The van der Waals surface area contributed by atoms with Crippen molar-refractivity contribution in [3.05, 3.63) is 18.3 Å². The van der Waals surface area contributed by atoms with E-state index in [9.17, 15) is 8.42 Å². The van der Waals surface area contributed by atoms with Gasteiger partial charge in [0.2, 0.25) is 0 Å². The van der Waals surface area contributed by atoms with E-state index in [4.69, 9.17) is 4.74 Å². The molecule has 118 valence electrons. The van der Waals surface area contributed by atoms with Crippen molar-refractivity contribution in [2.24, 2.45) is 5.92 Å². The summed E-state index contributed by atoms with van der Waals surface area (Å²) in [6.07, 6.45) is 2.31. The Bertz CT molecular complexity index is 539. The van der Waals surface area contributed by atoms with Crippen LogP contribution in [0.15, 0.2) is 18.3 Å². The lowest BCUT2D eigenvalue weighted by Crippen LogP contribution is -2.54. The second kappa shape index (κ2) is 7.12. The minimum Gasteiger partial charge on any atom is -0.384 e. The van der Waals surface area contributed by atoms with E-state index < -0.39 is 10.2 Å². The highest BCUT2D eigenvalue weighted by atomic mass is 32.2. The summed E-state index contributed by atoms with van der Waals surface area (Å²) in [5.74, 6) is 0.849. The van der Waals surface area contributed by atoms with E-state index in [1.807, 2.05) is 12.1 Å². The Kier molecular flexibility index (Phi) is 5.45. The van der Waals surface area contributed by atoms with E-state index in [0.29, 0.717) is 19.6 Å². The van der Waals surface area contributed by atoms with Gasteiger partial charge >= 0.3 is 0 Å². The first kappa shape index (κ1) is 16.1. The minimum absolute atomic E-state index is 0.0499. The minimum atomic E-state index is -3.45. The average Bonchev–Trinajstić information content (AvgIpc) is 2.50. The van der Waals surface area contributed by atoms with Gasteiger partial charge in [-0.1, -0.05) is 0 Å². The van der Waals surface area contributed by atoms with Crippen LogP contribution < -0.4 is 14.3 Å². The van der Waals surface area contributed by atoms with E-state index in [-0.39, 0.29) is 12.0 Å². The Hall–Kier alpha value is -1.29. The summed E-state index contributed by atoms with van der Waals surface area (Å²) in [5.41, 5.74) is 0. The van der Waals surface area contributed by atoms with Crippen molar-refractivity contribution in [2.75, 3.05) is 38.8 Å². The fraction of sp³-hybridized carbons (Fsp3) is 0.667. The molecular formula is C12H21N5O3S. The van der Waals surface area contributed by atoms with Gasteiger partial charge in [0.15, 0.2) is 5.82 Å². The van der Waals surface area contributed by atoms with Crippen molar-refractivity contribution in [1.29, 1.82) is 0 Å². The van der Waals surface area contributed by atoms with Gasteiger partial charge in [0.25, 0.3) is 10.2 Å². The molecule has 1 aliphatic heterocycles. The monoisotopic (exact) mass is 315 g/mol. The van der Waals surface area contributed by atoms with Gasteiger partial charge in [0.05, 0.1) is 6.61 Å². The molecule has 0 bridgehead atoms. The molecule has 21 heavy (non-hydrogen) atoms. The normalized spacial score (nSPS) is 23.2. The van der Waals surface area contributed by atoms with Gasteiger partial charge in [0.1, 0.15) is 0 Å². The van der Waals surface area contributed by atoms with Gasteiger partial charge in [-0.15, -0.1) is 5.10 Å². The summed E-state index contributed by atoms with van der Waals surface area (Å²) < 4.78 is 33.5. The molecule has 1 aromatic heterocycles. The van der Waals surface area contributed by atoms with Crippen molar-refractivity contribution in [3.63, 3.8) is 0 Å². The molecule has 1 unspecified atom stereocenters. The molecule has 1 aliphatic rings. The molecule has 1 saturated heterocycles. The highest BCUT2D eigenvalue weighted by Gasteiger charge is 2.32. The smallest absolute Gasteiger partial charge is 0.276 e. The Balaban J connectivity index is 2.07. The molecule has 1 aromatic rings. The highest BCUT2D eigenvalue weighted by Crippen LogP contribution is 2.22. The maximum Gasteiger partial charge on any atom is 0.276 e. The van der Waals surface area contributed by atoms with Crippen LogP contribution in [0.4, 0.5) is 5.82 Å². The Labute approximate surface area is 125 Å². The molecule has 0 amide bonds. The fourth-order valence-corrected chi connectivity index (χ4v) is 3.33. The molecule has 2 atom stereocenters. The number of anilines is 1. The summed E-state index contributed by atoms with van der Waals surface area (Å²) in [4.78, 5) is 2.10. The number of aromatic nitrogens is 2. The van der Waals surface area contributed by atoms with Gasteiger partial charge < -0.3 is 9.64 Å². The molecule has 2 heterocycles. The van der Waals surface area contributed by atoms with Crippen molar-refractivity contribution in [3.8, 4) is 0 Å². The SMILES string of the molecule is CNS(=O)(=O)NC1CCN(c2cccnn2)C[C@H]1COC. The maximum atomic E-state index is 11.7. The van der Waals surface area contributed by atoms with Crippen LogP contribution in [0.1, 0.15) is 6.42 Å². The molecule has 2 rings (SSSR count). The summed E-state index contributed by atoms with van der Waals surface area (Å²) in [7, 11) is -0.447. The molecule has 8 nitrogen and oxygen atoms in total. The number of rotatable bonds is 6. The first-order valence-corrected chi connectivity index (χ1v) is 8.26. The van der Waals surface area contributed by atoms with Crippen LogP contribution in [0.3, 0.4) is 0 Å². The van der Waals surface area contributed by atoms with E-state index in [0.717, 1.165) is 12.4 Å². The lowest BCUT2D eigenvalue weighted by atomic mass is 9.93. The van der Waals surface area contributed by atoms with Crippen LogP contribution in [0.2, 0.25) is 0 Å². The molecule has 0 spiro atoms. The van der Waals surface area contributed by atoms with Crippen LogP contribution in [0, 0.1) is 5.92 Å². The zero-order valence-corrected chi connectivity index (χ0v) is 13.0. The Morgan fingerprint density at radius 2 is 2.33 bits per heavy atom. The third-order valence-corrected chi connectivity index (χ3v) is 4.72. The van der Waals surface area contributed by atoms with Crippen molar-refractivity contribution >= 4 is 16.0 Å². The number of ether oxygens (including phenoxy) is 1. The van der Waals surface area contributed by atoms with Gasteiger partial charge in [-0.3, -0.25) is 0 Å². The largest absolute Gasteiger partial charge is 0.384 e. The van der Waals surface area contributed by atoms with Crippen molar-refractivity contribution < 1.29 is 13.2 Å². The lowest BCUT2D eigenvalue weighted by molar-refractivity contribution is 0.128. The Morgan fingerprint density at radius 3 is 2.95 bits per heavy atom. The zero-order valence-electron chi connectivity index (χ0n) is 12.2. The molecule has 0 aromatic carbocycles. The molecule has 0 saturated carbocycles. The van der Waals surface area contributed by atoms with Crippen LogP contribution in [0.5, 0.6) is 0 Å². The lowest BCUT2D eigenvalue weighted by Gasteiger charge is -2.38. The Morgan fingerprint density at radius 1 is 1.52 bits per heavy atom. The third kappa shape index (κ3) is 4.34. The first-order chi connectivity index (χ1) is 10.1. The molecule has 9 heteroatoms. The van der Waals surface area contributed by atoms with E-state index in [1.165, 1.54) is 7.05 Å².